The van der Waals surface area contributed by atoms with E-state index in [4.69, 9.17) is 9.94 Å². The van der Waals surface area contributed by atoms with E-state index < -0.39 is 21.7 Å². The predicted molar refractivity (Wildman–Crippen MR) is 111 cm³/mol. The van der Waals surface area contributed by atoms with Crippen molar-refractivity contribution in [1.82, 2.24) is 5.48 Å². The normalized spacial score (nSPS) is 15.6. The summed E-state index contributed by atoms with van der Waals surface area (Å²) < 4.78 is 31.7. The van der Waals surface area contributed by atoms with Gasteiger partial charge < -0.3 is 4.74 Å². The lowest BCUT2D eigenvalue weighted by atomic mass is 9.97. The van der Waals surface area contributed by atoms with Crippen LogP contribution in [0.25, 0.3) is 0 Å². The topological polar surface area (TPSA) is 92.7 Å². The van der Waals surface area contributed by atoms with Crippen molar-refractivity contribution < 1.29 is 23.2 Å². The average Bonchev–Trinajstić information content (AvgIpc) is 2.76. The van der Waals surface area contributed by atoms with Gasteiger partial charge >= 0.3 is 0 Å². The van der Waals surface area contributed by atoms with Gasteiger partial charge in [-0.2, -0.15) is 0 Å². The third-order valence-electron chi connectivity index (χ3n) is 4.20. The van der Waals surface area contributed by atoms with Crippen LogP contribution >= 0.6 is 0 Å². The molecular weight excluding hydrogens is 390 g/mol. The van der Waals surface area contributed by atoms with Crippen LogP contribution in [0.1, 0.15) is 26.7 Å². The maximum atomic E-state index is 13.0. The zero-order chi connectivity index (χ0) is 21.3. The van der Waals surface area contributed by atoms with Gasteiger partial charge in [0.15, 0.2) is 0 Å². The fourth-order valence-electron chi connectivity index (χ4n) is 2.87. The summed E-state index contributed by atoms with van der Waals surface area (Å²) in [5.41, 5.74) is 1.55. The lowest BCUT2D eigenvalue weighted by molar-refractivity contribution is -0.129. The highest BCUT2D eigenvalue weighted by molar-refractivity contribution is 7.95. The van der Waals surface area contributed by atoms with E-state index in [2.05, 4.69) is 0 Å². The summed E-state index contributed by atoms with van der Waals surface area (Å²) in [5, 5.41) is 8.72. The van der Waals surface area contributed by atoms with Crippen LogP contribution < -0.4 is 10.2 Å². The molecule has 0 bridgehead atoms. The van der Waals surface area contributed by atoms with Crippen LogP contribution in [0.2, 0.25) is 0 Å². The molecule has 29 heavy (non-hydrogen) atoms. The van der Waals surface area contributed by atoms with Gasteiger partial charge in [-0.05, 0) is 48.9 Å². The second-order valence-corrected chi connectivity index (χ2v) is 8.01. The van der Waals surface area contributed by atoms with E-state index in [1.807, 2.05) is 32.0 Å². The minimum absolute atomic E-state index is 0.110. The molecule has 0 saturated carbocycles. The minimum atomic E-state index is -3.76. The molecule has 1 unspecified atom stereocenters. The molecule has 0 aromatic heterocycles. The smallest absolute Gasteiger partial charge is 0.243 e. The van der Waals surface area contributed by atoms with Gasteiger partial charge in [-0.3, -0.25) is 10.0 Å². The Balaban J connectivity index is 0.00000145. The first-order valence-electron chi connectivity index (χ1n) is 9.38. The quantitative estimate of drug-likeness (QED) is 0.530. The van der Waals surface area contributed by atoms with E-state index >= 15 is 0 Å². The molecule has 2 N–H and O–H groups in total. The van der Waals surface area contributed by atoms with Crippen molar-refractivity contribution in [2.75, 3.05) is 0 Å². The fraction of sp³-hybridized carbons (Fsp3) is 0.227. The van der Waals surface area contributed by atoms with Crippen LogP contribution in [-0.2, 0) is 14.6 Å². The van der Waals surface area contributed by atoms with Crippen molar-refractivity contribution in [3.05, 3.63) is 77.7 Å². The third kappa shape index (κ3) is 5.79. The fourth-order valence-corrected chi connectivity index (χ4v) is 4.51. The number of rotatable bonds is 6. The number of hydroxylamine groups is 1. The minimum Gasteiger partial charge on any atom is -0.457 e. The third-order valence-corrected chi connectivity index (χ3v) is 6.18. The second kappa shape index (κ2) is 10.6. The number of benzene rings is 2. The highest BCUT2D eigenvalue weighted by atomic mass is 32.2. The molecule has 1 aliphatic rings. The van der Waals surface area contributed by atoms with E-state index in [1.54, 1.807) is 41.9 Å². The van der Waals surface area contributed by atoms with E-state index in [9.17, 15) is 13.2 Å². The van der Waals surface area contributed by atoms with Crippen LogP contribution in [0, 0.1) is 5.92 Å². The molecule has 1 aliphatic carbocycles. The van der Waals surface area contributed by atoms with E-state index in [1.165, 1.54) is 18.2 Å². The Morgan fingerprint density at radius 2 is 1.69 bits per heavy atom. The lowest BCUT2D eigenvalue weighted by Crippen LogP contribution is -2.25. The Hall–Kier alpha value is -2.90. The highest BCUT2D eigenvalue weighted by Gasteiger charge is 2.30. The van der Waals surface area contributed by atoms with Crippen LogP contribution in [0.15, 0.2) is 82.6 Å². The van der Waals surface area contributed by atoms with Gasteiger partial charge in [-0.1, -0.05) is 44.2 Å². The van der Waals surface area contributed by atoms with Gasteiger partial charge in [-0.15, -0.1) is 0 Å². The Morgan fingerprint density at radius 1 is 1.07 bits per heavy atom. The first-order chi connectivity index (χ1) is 14.0. The number of para-hydroxylation sites is 1. The number of carbonyl (C=O) groups excluding carboxylic acids is 1. The van der Waals surface area contributed by atoms with Crippen LogP contribution in [0.4, 0.5) is 0 Å². The largest absolute Gasteiger partial charge is 0.457 e. The van der Waals surface area contributed by atoms with Gasteiger partial charge in [-0.25, -0.2) is 13.9 Å². The number of sulfone groups is 1. The first-order valence-corrected chi connectivity index (χ1v) is 10.9. The van der Waals surface area contributed by atoms with Crippen LogP contribution in [0.5, 0.6) is 11.5 Å². The molecule has 6 nitrogen and oxygen atoms in total. The van der Waals surface area contributed by atoms with Crippen molar-refractivity contribution in [3.63, 3.8) is 0 Å². The van der Waals surface area contributed by atoms with Gasteiger partial charge in [0.1, 0.15) is 11.5 Å². The summed E-state index contributed by atoms with van der Waals surface area (Å²) >= 11 is 0. The molecule has 154 valence electrons. The van der Waals surface area contributed by atoms with E-state index in [0.29, 0.717) is 17.9 Å². The van der Waals surface area contributed by atoms with Gasteiger partial charge in [0.25, 0.3) is 0 Å². The molecule has 0 heterocycles. The molecule has 1 atom stereocenters. The Kier molecular flexibility index (Phi) is 8.18. The van der Waals surface area contributed by atoms with Crippen LogP contribution in [-0.4, -0.2) is 19.5 Å². The summed E-state index contributed by atoms with van der Waals surface area (Å²) in [5.74, 6) is 0.0348. The molecule has 2 aromatic carbocycles. The van der Waals surface area contributed by atoms with E-state index in [0.717, 1.165) is 0 Å². The molecule has 0 saturated heterocycles. The molecular formula is C22H25NO5S. The predicted octanol–water partition coefficient (Wildman–Crippen LogP) is 4.63. The number of carbonyl (C=O) groups is 1. The number of hydrogen-bond acceptors (Lipinski definition) is 5. The van der Waals surface area contributed by atoms with Crippen molar-refractivity contribution in [2.24, 2.45) is 5.92 Å². The van der Waals surface area contributed by atoms with Gasteiger partial charge in [0.05, 0.1) is 9.80 Å². The number of ether oxygens (including phenoxy) is 1. The monoisotopic (exact) mass is 415 g/mol. The van der Waals surface area contributed by atoms with E-state index in [-0.39, 0.29) is 16.2 Å². The molecule has 7 heteroatoms. The number of allylic oxidation sites excluding steroid dienone is 4. The van der Waals surface area contributed by atoms with Crippen molar-refractivity contribution in [1.29, 1.82) is 0 Å². The van der Waals surface area contributed by atoms with Crippen molar-refractivity contribution in [3.8, 4) is 11.5 Å². The SMILES string of the molecule is CC.O=C(CC1CC=CC=C1S(=O)(=O)c1ccc(Oc2ccccc2)cc1)NO. The van der Waals surface area contributed by atoms with Crippen molar-refractivity contribution >= 4 is 15.7 Å². The standard InChI is InChI=1S/C20H19NO5S.C2H6/c22-20(21-23)14-15-6-4-5-9-19(15)27(24,25)18-12-10-17(11-13-18)26-16-7-2-1-3-8-16;1-2/h1-5,7-13,15,23H,6,14H2,(H,21,22);1-2H3. The number of hydrogen-bond donors (Lipinski definition) is 2. The summed E-state index contributed by atoms with van der Waals surface area (Å²) in [6.45, 7) is 4.00. The molecule has 2 aromatic rings. The summed E-state index contributed by atoms with van der Waals surface area (Å²) in [6.07, 6.45) is 5.26. The molecule has 0 fully saturated rings. The summed E-state index contributed by atoms with van der Waals surface area (Å²) in [6, 6.07) is 15.3. The number of nitrogens with one attached hydrogen (secondary N) is 1. The average molecular weight is 416 g/mol. The van der Waals surface area contributed by atoms with Gasteiger partial charge in [0.2, 0.25) is 15.7 Å². The maximum Gasteiger partial charge on any atom is 0.243 e. The molecule has 0 spiro atoms. The van der Waals surface area contributed by atoms with Gasteiger partial charge in [0, 0.05) is 12.3 Å². The molecule has 1 amide bonds. The molecule has 0 radical (unpaired) electrons. The van der Waals surface area contributed by atoms with Crippen LogP contribution in [0.3, 0.4) is 0 Å². The Labute approximate surface area is 171 Å². The zero-order valence-corrected chi connectivity index (χ0v) is 17.2. The Morgan fingerprint density at radius 3 is 2.31 bits per heavy atom. The summed E-state index contributed by atoms with van der Waals surface area (Å²) in [4.78, 5) is 11.8. The second-order valence-electron chi connectivity index (χ2n) is 6.06. The zero-order valence-electron chi connectivity index (χ0n) is 16.4. The van der Waals surface area contributed by atoms with Crippen molar-refractivity contribution in [2.45, 2.75) is 31.6 Å². The Bertz CT molecular complexity index is 964. The summed E-state index contributed by atoms with van der Waals surface area (Å²) in [7, 11) is -3.76. The molecule has 3 rings (SSSR count). The molecule has 0 aliphatic heterocycles. The maximum absolute atomic E-state index is 13.0. The highest BCUT2D eigenvalue weighted by Crippen LogP contribution is 2.33. The number of amides is 1. The lowest BCUT2D eigenvalue weighted by Gasteiger charge is -2.21. The first kappa shape index (κ1) is 22.4.